The Balaban J connectivity index is 1.71. The van der Waals surface area contributed by atoms with Gasteiger partial charge in [-0.1, -0.05) is 61.8 Å². The first kappa shape index (κ1) is 31.5. The second-order valence-corrected chi connectivity index (χ2v) is 11.7. The minimum atomic E-state index is -1.38. The molecule has 2 heterocycles. The van der Waals surface area contributed by atoms with Crippen LogP contribution in [0.1, 0.15) is 72.5 Å². The first-order chi connectivity index (χ1) is 20.1. The number of aromatic nitrogens is 1. The van der Waals surface area contributed by atoms with E-state index in [1.165, 1.54) is 0 Å². The Kier molecular flexibility index (Phi) is 10.6. The third kappa shape index (κ3) is 7.30. The van der Waals surface area contributed by atoms with Crippen molar-refractivity contribution in [1.29, 1.82) is 0 Å². The summed E-state index contributed by atoms with van der Waals surface area (Å²) >= 11 is 6.76. The van der Waals surface area contributed by atoms with Gasteiger partial charge in [0, 0.05) is 49.4 Å². The van der Waals surface area contributed by atoms with Gasteiger partial charge in [0.15, 0.2) is 0 Å². The molecule has 1 aromatic heterocycles. The molecule has 3 aromatic rings. The van der Waals surface area contributed by atoms with E-state index in [-0.39, 0.29) is 24.8 Å². The Hall–Kier alpha value is -3.46. The van der Waals surface area contributed by atoms with E-state index < -0.39 is 11.7 Å². The van der Waals surface area contributed by atoms with Gasteiger partial charge in [0.2, 0.25) is 0 Å². The van der Waals surface area contributed by atoms with Gasteiger partial charge in [-0.25, -0.2) is 9.78 Å². The Morgan fingerprint density at radius 3 is 2.62 bits per heavy atom. The molecule has 42 heavy (non-hydrogen) atoms. The van der Waals surface area contributed by atoms with Gasteiger partial charge in [-0.2, -0.15) is 0 Å². The average molecular weight is 593 g/mol. The molecule has 224 valence electrons. The lowest BCUT2D eigenvalue weighted by Crippen LogP contribution is -2.48. The van der Waals surface area contributed by atoms with Crippen molar-refractivity contribution in [3.05, 3.63) is 88.2 Å². The molecule has 2 amide bonds. The SMILES string of the molecule is CNCc1ccc(C(=O)N2CCCC(C(O)(CCCNC(=O)O)c3ccnc(Cl)c3-c3cccc(C(C)C)c3)C2)cc1. The summed E-state index contributed by atoms with van der Waals surface area (Å²) in [5.74, 6) is -0.0626. The van der Waals surface area contributed by atoms with Crippen LogP contribution >= 0.6 is 11.6 Å². The van der Waals surface area contributed by atoms with Gasteiger partial charge in [-0.3, -0.25) is 4.79 Å². The molecule has 0 radical (unpaired) electrons. The van der Waals surface area contributed by atoms with Gasteiger partial charge in [-0.15, -0.1) is 0 Å². The van der Waals surface area contributed by atoms with Crippen LogP contribution in [0.2, 0.25) is 5.15 Å². The van der Waals surface area contributed by atoms with Gasteiger partial charge >= 0.3 is 6.09 Å². The number of amides is 2. The van der Waals surface area contributed by atoms with Crippen molar-refractivity contribution in [2.75, 3.05) is 26.7 Å². The molecule has 4 rings (SSSR count). The molecule has 1 fully saturated rings. The van der Waals surface area contributed by atoms with Gasteiger partial charge < -0.3 is 25.7 Å². The van der Waals surface area contributed by atoms with Crippen molar-refractivity contribution in [3.8, 4) is 11.1 Å². The number of likely N-dealkylation sites (tertiary alicyclic amines) is 1. The van der Waals surface area contributed by atoms with Crippen LogP contribution in [0.3, 0.4) is 0 Å². The van der Waals surface area contributed by atoms with Crippen molar-refractivity contribution in [2.24, 2.45) is 5.92 Å². The zero-order valence-corrected chi connectivity index (χ0v) is 25.3. The Morgan fingerprint density at radius 2 is 1.93 bits per heavy atom. The van der Waals surface area contributed by atoms with E-state index in [9.17, 15) is 14.7 Å². The number of benzene rings is 2. The van der Waals surface area contributed by atoms with E-state index in [1.54, 1.807) is 6.20 Å². The summed E-state index contributed by atoms with van der Waals surface area (Å²) in [6, 6.07) is 17.5. The molecule has 0 aliphatic carbocycles. The zero-order chi connectivity index (χ0) is 30.3. The number of hydrogen-bond donors (Lipinski definition) is 4. The molecule has 1 aliphatic rings. The van der Waals surface area contributed by atoms with Crippen LogP contribution in [0.4, 0.5) is 4.79 Å². The topological polar surface area (TPSA) is 115 Å². The van der Waals surface area contributed by atoms with E-state index >= 15 is 0 Å². The van der Waals surface area contributed by atoms with Crippen molar-refractivity contribution >= 4 is 23.6 Å². The molecule has 0 spiro atoms. The number of aliphatic hydroxyl groups is 1. The molecule has 0 bridgehead atoms. The Labute approximate surface area is 253 Å². The third-order valence-corrected chi connectivity index (χ3v) is 8.48. The second kappa shape index (κ2) is 14.1. The largest absolute Gasteiger partial charge is 0.465 e. The van der Waals surface area contributed by atoms with Crippen LogP contribution in [-0.2, 0) is 12.1 Å². The summed E-state index contributed by atoms with van der Waals surface area (Å²) in [5, 5.41) is 27.6. The predicted octanol–water partition coefficient (Wildman–Crippen LogP) is 6.03. The van der Waals surface area contributed by atoms with Gasteiger partial charge in [0.1, 0.15) is 5.15 Å². The zero-order valence-electron chi connectivity index (χ0n) is 24.6. The van der Waals surface area contributed by atoms with E-state index in [0.717, 1.165) is 29.7 Å². The maximum Gasteiger partial charge on any atom is 0.404 e. The fourth-order valence-electron chi connectivity index (χ4n) is 5.94. The molecule has 1 saturated heterocycles. The number of carbonyl (C=O) groups excluding carboxylic acids is 1. The molecule has 0 saturated carbocycles. The predicted molar refractivity (Wildman–Crippen MR) is 166 cm³/mol. The number of piperidine rings is 1. The highest BCUT2D eigenvalue weighted by Crippen LogP contribution is 2.45. The first-order valence-electron chi connectivity index (χ1n) is 14.6. The molecule has 2 aromatic carbocycles. The third-order valence-electron chi connectivity index (χ3n) is 8.19. The molecular weight excluding hydrogens is 552 g/mol. The number of nitrogens with one attached hydrogen (secondary N) is 2. The van der Waals surface area contributed by atoms with Crippen LogP contribution < -0.4 is 10.6 Å². The molecule has 1 aliphatic heterocycles. The quantitative estimate of drug-likeness (QED) is 0.160. The smallest absolute Gasteiger partial charge is 0.404 e. The fourth-order valence-corrected chi connectivity index (χ4v) is 6.21. The van der Waals surface area contributed by atoms with Crippen LogP contribution in [0.25, 0.3) is 11.1 Å². The monoisotopic (exact) mass is 592 g/mol. The molecule has 8 nitrogen and oxygen atoms in total. The van der Waals surface area contributed by atoms with Crippen LogP contribution in [0.15, 0.2) is 60.8 Å². The maximum absolute atomic E-state index is 13.6. The molecule has 2 unspecified atom stereocenters. The van der Waals surface area contributed by atoms with Crippen molar-refractivity contribution in [1.82, 2.24) is 20.5 Å². The standard InChI is InChI=1S/C33H41ClN4O4/c1-22(2)25-7-4-8-26(19-25)29-28(14-17-36-30(29)34)33(42,15-6-16-37-32(40)41)27-9-5-18-38(21-27)31(39)24-12-10-23(11-13-24)20-35-3/h4,7-8,10-14,17,19,22,27,35,37,42H,5-6,9,15-16,18,20-21H2,1-3H3,(H,40,41). The minimum Gasteiger partial charge on any atom is -0.465 e. The number of carboxylic acid groups (broad SMARTS) is 1. The van der Waals surface area contributed by atoms with Crippen molar-refractivity contribution < 1.29 is 19.8 Å². The van der Waals surface area contributed by atoms with Crippen LogP contribution in [0.5, 0.6) is 0 Å². The lowest BCUT2D eigenvalue weighted by Gasteiger charge is -2.43. The fraction of sp³-hybridized carbons (Fsp3) is 0.424. The van der Waals surface area contributed by atoms with Crippen LogP contribution in [-0.4, -0.2) is 58.8 Å². The number of pyridine rings is 1. The number of carbonyl (C=O) groups is 2. The lowest BCUT2D eigenvalue weighted by molar-refractivity contribution is -0.0563. The lowest BCUT2D eigenvalue weighted by atomic mass is 9.72. The van der Waals surface area contributed by atoms with Crippen LogP contribution in [0, 0.1) is 5.92 Å². The summed E-state index contributed by atoms with van der Waals surface area (Å²) in [7, 11) is 1.88. The number of halogens is 1. The summed E-state index contributed by atoms with van der Waals surface area (Å²) in [5.41, 5.74) is 3.64. The molecule has 4 N–H and O–H groups in total. The highest BCUT2D eigenvalue weighted by Gasteiger charge is 2.43. The van der Waals surface area contributed by atoms with Gasteiger partial charge in [0.25, 0.3) is 5.91 Å². The highest BCUT2D eigenvalue weighted by molar-refractivity contribution is 6.32. The summed E-state index contributed by atoms with van der Waals surface area (Å²) < 4.78 is 0. The van der Waals surface area contributed by atoms with E-state index in [4.69, 9.17) is 16.7 Å². The first-order valence-corrected chi connectivity index (χ1v) is 15.0. The average Bonchev–Trinajstić information content (AvgIpc) is 2.99. The Morgan fingerprint density at radius 1 is 1.17 bits per heavy atom. The highest BCUT2D eigenvalue weighted by atomic mass is 35.5. The number of nitrogens with zero attached hydrogens (tertiary/aromatic N) is 2. The van der Waals surface area contributed by atoms with E-state index in [2.05, 4.69) is 41.6 Å². The van der Waals surface area contributed by atoms with Crippen molar-refractivity contribution in [2.45, 2.75) is 57.6 Å². The van der Waals surface area contributed by atoms with E-state index in [1.807, 2.05) is 54.4 Å². The van der Waals surface area contributed by atoms with Gasteiger partial charge in [-0.05, 0) is 79.1 Å². The normalized spacial score (nSPS) is 16.7. The summed E-state index contributed by atoms with van der Waals surface area (Å²) in [4.78, 5) is 30.9. The minimum absolute atomic E-state index is 0.0665. The molecule has 9 heteroatoms. The maximum atomic E-state index is 13.6. The Bertz CT molecular complexity index is 1380. The molecular formula is C33H41ClN4O4. The summed E-state index contributed by atoms with van der Waals surface area (Å²) in [6.45, 7) is 6.14. The van der Waals surface area contributed by atoms with Gasteiger partial charge in [0.05, 0.1) is 5.60 Å². The van der Waals surface area contributed by atoms with E-state index in [0.29, 0.717) is 53.7 Å². The molecule has 2 atom stereocenters. The summed E-state index contributed by atoms with van der Waals surface area (Å²) in [6.07, 6.45) is 2.64. The number of hydrogen-bond acceptors (Lipinski definition) is 5. The van der Waals surface area contributed by atoms with Crippen molar-refractivity contribution in [3.63, 3.8) is 0 Å². The number of rotatable bonds is 11. The second-order valence-electron chi connectivity index (χ2n) is 11.4.